The maximum atomic E-state index is 12.3. The molecular formula is C19H25N3O2. The van der Waals surface area contributed by atoms with Gasteiger partial charge in [0.25, 0.3) is 0 Å². The van der Waals surface area contributed by atoms with E-state index in [1.54, 1.807) is 13.3 Å². The largest absolute Gasteiger partial charge is 0.481 e. The van der Waals surface area contributed by atoms with Crippen LogP contribution in [0.15, 0.2) is 48.7 Å². The highest BCUT2D eigenvalue weighted by atomic mass is 16.5. The van der Waals surface area contributed by atoms with Crippen LogP contribution < -0.4 is 15.4 Å². The smallest absolute Gasteiger partial charge is 0.315 e. The number of carbonyl (C=O) groups is 1. The topological polar surface area (TPSA) is 63.2 Å². The van der Waals surface area contributed by atoms with Crippen LogP contribution in [0.5, 0.6) is 5.88 Å². The van der Waals surface area contributed by atoms with Crippen LogP contribution in [0.3, 0.4) is 0 Å². The molecular weight excluding hydrogens is 302 g/mol. The van der Waals surface area contributed by atoms with E-state index in [1.807, 2.05) is 42.5 Å². The number of pyridine rings is 1. The second kappa shape index (κ2) is 8.91. The van der Waals surface area contributed by atoms with Crippen molar-refractivity contribution in [1.82, 2.24) is 15.6 Å². The van der Waals surface area contributed by atoms with Crippen molar-refractivity contribution in [2.75, 3.05) is 7.11 Å². The van der Waals surface area contributed by atoms with Gasteiger partial charge in [0.1, 0.15) is 0 Å². The quantitative estimate of drug-likeness (QED) is 0.815. The predicted octanol–water partition coefficient (Wildman–Crippen LogP) is 3.68. The lowest BCUT2D eigenvalue weighted by Crippen LogP contribution is -2.38. The standard InChI is InChI=1S/C19H25N3O2/c1-14(2)11-17(16-7-5-4-6-8-16)22-19(23)21-13-15-9-10-20-18(12-15)24-3/h4-10,12,14,17H,11,13H2,1-3H3,(H2,21,22,23)/t17-/m0/s1. The summed E-state index contributed by atoms with van der Waals surface area (Å²) in [6.45, 7) is 4.73. The molecule has 0 aliphatic heterocycles. The molecule has 0 fully saturated rings. The fourth-order valence-corrected chi connectivity index (χ4v) is 2.50. The molecule has 0 aliphatic carbocycles. The minimum absolute atomic E-state index is 0.00169. The summed E-state index contributed by atoms with van der Waals surface area (Å²) in [5.74, 6) is 1.02. The van der Waals surface area contributed by atoms with Crippen molar-refractivity contribution in [3.05, 3.63) is 59.8 Å². The van der Waals surface area contributed by atoms with Crippen molar-refractivity contribution in [2.45, 2.75) is 32.9 Å². The van der Waals surface area contributed by atoms with Gasteiger partial charge < -0.3 is 15.4 Å². The second-order valence-electron chi connectivity index (χ2n) is 6.13. The maximum absolute atomic E-state index is 12.3. The average Bonchev–Trinajstić information content (AvgIpc) is 2.60. The third-order valence-electron chi connectivity index (χ3n) is 3.68. The molecule has 0 aliphatic rings. The van der Waals surface area contributed by atoms with E-state index in [0.29, 0.717) is 18.3 Å². The van der Waals surface area contributed by atoms with Crippen LogP contribution in [-0.4, -0.2) is 18.1 Å². The SMILES string of the molecule is COc1cc(CNC(=O)N[C@@H](CC(C)C)c2ccccc2)ccn1. The fraction of sp³-hybridized carbons (Fsp3) is 0.368. The molecule has 1 heterocycles. The lowest BCUT2D eigenvalue weighted by Gasteiger charge is -2.21. The summed E-state index contributed by atoms with van der Waals surface area (Å²) in [7, 11) is 1.57. The number of carbonyl (C=O) groups excluding carboxylic acids is 1. The molecule has 2 N–H and O–H groups in total. The molecule has 24 heavy (non-hydrogen) atoms. The Bertz CT molecular complexity index is 644. The van der Waals surface area contributed by atoms with E-state index in [1.165, 1.54) is 0 Å². The van der Waals surface area contributed by atoms with Gasteiger partial charge in [-0.1, -0.05) is 44.2 Å². The summed E-state index contributed by atoms with van der Waals surface area (Å²) in [5.41, 5.74) is 2.06. The van der Waals surface area contributed by atoms with Crippen LogP contribution in [0.4, 0.5) is 4.79 Å². The van der Waals surface area contributed by atoms with Gasteiger partial charge in [0.05, 0.1) is 13.2 Å². The first-order valence-electron chi connectivity index (χ1n) is 8.16. The summed E-state index contributed by atoms with van der Waals surface area (Å²) in [4.78, 5) is 16.3. The zero-order valence-corrected chi connectivity index (χ0v) is 14.5. The predicted molar refractivity (Wildman–Crippen MR) is 94.8 cm³/mol. The van der Waals surface area contributed by atoms with Crippen LogP contribution in [0.2, 0.25) is 0 Å². The van der Waals surface area contributed by atoms with Crippen molar-refractivity contribution in [3.63, 3.8) is 0 Å². The third-order valence-corrected chi connectivity index (χ3v) is 3.68. The third kappa shape index (κ3) is 5.57. The molecule has 2 aromatic rings. The number of nitrogens with zero attached hydrogens (tertiary/aromatic N) is 1. The summed E-state index contributed by atoms with van der Waals surface area (Å²) in [6, 6.07) is 13.5. The Morgan fingerprint density at radius 1 is 1.21 bits per heavy atom. The first kappa shape index (κ1) is 17.8. The van der Waals surface area contributed by atoms with Crippen molar-refractivity contribution in [3.8, 4) is 5.88 Å². The minimum atomic E-state index is -0.180. The highest BCUT2D eigenvalue weighted by Crippen LogP contribution is 2.20. The number of hydrogen-bond donors (Lipinski definition) is 2. The van der Waals surface area contributed by atoms with Crippen LogP contribution in [0, 0.1) is 5.92 Å². The molecule has 0 saturated heterocycles. The molecule has 0 unspecified atom stereocenters. The van der Waals surface area contributed by atoms with Gasteiger partial charge >= 0.3 is 6.03 Å². The number of amides is 2. The Labute approximate surface area is 143 Å². The highest BCUT2D eigenvalue weighted by molar-refractivity contribution is 5.74. The van der Waals surface area contributed by atoms with Gasteiger partial charge in [-0.05, 0) is 29.5 Å². The number of nitrogens with one attached hydrogen (secondary N) is 2. The van der Waals surface area contributed by atoms with E-state index in [0.717, 1.165) is 17.5 Å². The molecule has 128 valence electrons. The van der Waals surface area contributed by atoms with Crippen LogP contribution in [0.1, 0.15) is 37.4 Å². The Hall–Kier alpha value is -2.56. The summed E-state index contributed by atoms with van der Waals surface area (Å²) < 4.78 is 5.09. The number of hydrogen-bond acceptors (Lipinski definition) is 3. The number of urea groups is 1. The Morgan fingerprint density at radius 2 is 1.96 bits per heavy atom. The first-order valence-corrected chi connectivity index (χ1v) is 8.16. The van der Waals surface area contributed by atoms with Crippen molar-refractivity contribution in [2.24, 2.45) is 5.92 Å². The number of benzene rings is 1. The monoisotopic (exact) mass is 327 g/mol. The zero-order valence-electron chi connectivity index (χ0n) is 14.5. The molecule has 1 atom stereocenters. The Morgan fingerprint density at radius 3 is 2.62 bits per heavy atom. The van der Waals surface area contributed by atoms with Gasteiger partial charge in [0.15, 0.2) is 0 Å². The van der Waals surface area contributed by atoms with Crippen LogP contribution in [0.25, 0.3) is 0 Å². The molecule has 0 spiro atoms. The van der Waals surface area contributed by atoms with E-state index in [2.05, 4.69) is 29.5 Å². The first-order chi connectivity index (χ1) is 11.6. The summed E-state index contributed by atoms with van der Waals surface area (Å²) >= 11 is 0. The highest BCUT2D eigenvalue weighted by Gasteiger charge is 2.15. The van der Waals surface area contributed by atoms with E-state index < -0.39 is 0 Å². The second-order valence-corrected chi connectivity index (χ2v) is 6.13. The van der Waals surface area contributed by atoms with Gasteiger partial charge in [0, 0.05) is 18.8 Å². The Kier molecular flexibility index (Phi) is 6.61. The molecule has 1 aromatic carbocycles. The van der Waals surface area contributed by atoms with E-state index in [4.69, 9.17) is 4.74 Å². The van der Waals surface area contributed by atoms with Gasteiger partial charge in [-0.25, -0.2) is 9.78 Å². The van der Waals surface area contributed by atoms with Crippen LogP contribution >= 0.6 is 0 Å². The van der Waals surface area contributed by atoms with Gasteiger partial charge in [0.2, 0.25) is 5.88 Å². The fourth-order valence-electron chi connectivity index (χ4n) is 2.50. The average molecular weight is 327 g/mol. The number of aromatic nitrogens is 1. The van der Waals surface area contributed by atoms with Crippen molar-refractivity contribution in [1.29, 1.82) is 0 Å². The lowest BCUT2D eigenvalue weighted by molar-refractivity contribution is 0.234. The number of methoxy groups -OCH3 is 1. The van der Waals surface area contributed by atoms with E-state index in [-0.39, 0.29) is 12.1 Å². The molecule has 1 aromatic heterocycles. The van der Waals surface area contributed by atoms with Crippen molar-refractivity contribution >= 4 is 6.03 Å². The molecule has 0 radical (unpaired) electrons. The van der Waals surface area contributed by atoms with Gasteiger partial charge in [-0.3, -0.25) is 0 Å². The maximum Gasteiger partial charge on any atom is 0.315 e. The van der Waals surface area contributed by atoms with Gasteiger partial charge in [-0.2, -0.15) is 0 Å². The summed E-state index contributed by atoms with van der Waals surface area (Å²) in [6.07, 6.45) is 2.56. The minimum Gasteiger partial charge on any atom is -0.481 e. The number of rotatable bonds is 7. The van der Waals surface area contributed by atoms with Gasteiger partial charge in [-0.15, -0.1) is 0 Å². The van der Waals surface area contributed by atoms with Crippen LogP contribution in [-0.2, 0) is 6.54 Å². The molecule has 2 amide bonds. The molecule has 2 rings (SSSR count). The zero-order chi connectivity index (χ0) is 17.4. The molecule has 5 heteroatoms. The normalized spacial score (nSPS) is 11.8. The number of ether oxygens (including phenoxy) is 1. The van der Waals surface area contributed by atoms with E-state index >= 15 is 0 Å². The summed E-state index contributed by atoms with van der Waals surface area (Å²) in [5, 5.41) is 5.96. The molecule has 5 nitrogen and oxygen atoms in total. The lowest BCUT2D eigenvalue weighted by atomic mass is 9.97. The Balaban J connectivity index is 1.94. The van der Waals surface area contributed by atoms with Crippen molar-refractivity contribution < 1.29 is 9.53 Å². The molecule has 0 bridgehead atoms. The van der Waals surface area contributed by atoms with E-state index in [9.17, 15) is 4.79 Å². The molecule has 0 saturated carbocycles.